The Bertz CT molecular complexity index is 1320. The summed E-state index contributed by atoms with van der Waals surface area (Å²) in [5, 5.41) is 0. The van der Waals surface area contributed by atoms with Gasteiger partial charge in [0, 0.05) is 24.6 Å². The van der Waals surface area contributed by atoms with Crippen molar-refractivity contribution in [1.29, 1.82) is 0 Å². The van der Waals surface area contributed by atoms with Crippen molar-refractivity contribution in [3.05, 3.63) is 79.3 Å². The van der Waals surface area contributed by atoms with E-state index in [-0.39, 0.29) is 17.8 Å². The molecule has 1 aliphatic rings. The van der Waals surface area contributed by atoms with Crippen LogP contribution in [0.1, 0.15) is 11.3 Å². The topological polar surface area (TPSA) is 78.2 Å². The molecular formula is C20H18BrN5O3. The molecule has 0 saturated heterocycles. The molecule has 0 atom stereocenters. The molecule has 4 aromatic rings. The highest BCUT2D eigenvalue weighted by molar-refractivity contribution is 9.10. The summed E-state index contributed by atoms with van der Waals surface area (Å²) in [7, 11) is 1.65. The number of rotatable bonds is 4. The van der Waals surface area contributed by atoms with Gasteiger partial charge in [0.05, 0.1) is 19.4 Å². The van der Waals surface area contributed by atoms with Crippen LogP contribution >= 0.6 is 15.9 Å². The first-order chi connectivity index (χ1) is 14.0. The summed E-state index contributed by atoms with van der Waals surface area (Å²) in [5.74, 6) is 1.51. The fourth-order valence-corrected chi connectivity index (χ4v) is 4.05. The van der Waals surface area contributed by atoms with E-state index < -0.39 is 0 Å². The molecule has 0 radical (unpaired) electrons. The molecule has 29 heavy (non-hydrogen) atoms. The number of furan rings is 1. The first-order valence-corrected chi connectivity index (χ1v) is 10.0. The first-order valence-electron chi connectivity index (χ1n) is 9.25. The van der Waals surface area contributed by atoms with Crippen LogP contribution in [-0.2, 0) is 26.7 Å². The van der Waals surface area contributed by atoms with Crippen molar-refractivity contribution in [2.45, 2.75) is 19.6 Å². The molecule has 148 valence electrons. The lowest BCUT2D eigenvalue weighted by molar-refractivity contribution is 0.504. The molecule has 4 heterocycles. The lowest BCUT2D eigenvalue weighted by Gasteiger charge is -2.13. The highest BCUT2D eigenvalue weighted by Crippen LogP contribution is 2.26. The fraction of sp³-hybridized carbons (Fsp3) is 0.250. The largest absolute Gasteiger partial charge is 0.467 e. The Kier molecular flexibility index (Phi) is 4.20. The molecule has 0 saturated carbocycles. The van der Waals surface area contributed by atoms with Gasteiger partial charge in [-0.25, -0.2) is 4.79 Å². The van der Waals surface area contributed by atoms with E-state index in [2.05, 4.69) is 25.8 Å². The molecule has 0 N–H and O–H groups in total. The minimum atomic E-state index is -0.375. The van der Waals surface area contributed by atoms with Gasteiger partial charge in [-0.1, -0.05) is 28.1 Å². The van der Waals surface area contributed by atoms with E-state index >= 15 is 0 Å². The van der Waals surface area contributed by atoms with Crippen molar-refractivity contribution in [2.24, 2.45) is 7.05 Å². The van der Waals surface area contributed by atoms with Crippen molar-refractivity contribution in [1.82, 2.24) is 18.7 Å². The Balaban J connectivity index is 1.62. The van der Waals surface area contributed by atoms with Crippen LogP contribution in [0, 0.1) is 0 Å². The van der Waals surface area contributed by atoms with Gasteiger partial charge >= 0.3 is 5.69 Å². The molecular weight excluding hydrogens is 438 g/mol. The third kappa shape index (κ3) is 2.93. The fourth-order valence-electron chi connectivity index (χ4n) is 3.79. The van der Waals surface area contributed by atoms with Gasteiger partial charge in [0.2, 0.25) is 5.95 Å². The lowest BCUT2D eigenvalue weighted by atomic mass is 10.2. The van der Waals surface area contributed by atoms with Gasteiger partial charge < -0.3 is 13.9 Å². The van der Waals surface area contributed by atoms with Gasteiger partial charge in [0.1, 0.15) is 5.76 Å². The van der Waals surface area contributed by atoms with Crippen molar-refractivity contribution in [2.75, 3.05) is 11.4 Å². The van der Waals surface area contributed by atoms with Crippen LogP contribution in [0.4, 0.5) is 5.95 Å². The Hall–Kier alpha value is -3.07. The van der Waals surface area contributed by atoms with Crippen LogP contribution in [-0.4, -0.2) is 25.2 Å². The van der Waals surface area contributed by atoms with Gasteiger partial charge in [0.15, 0.2) is 11.2 Å². The van der Waals surface area contributed by atoms with E-state index in [1.54, 1.807) is 13.3 Å². The Morgan fingerprint density at radius 2 is 1.90 bits per heavy atom. The lowest BCUT2D eigenvalue weighted by Crippen LogP contribution is -2.40. The number of nitrogens with zero attached hydrogens (tertiary/aromatic N) is 5. The highest BCUT2D eigenvalue weighted by atomic mass is 79.9. The minimum Gasteiger partial charge on any atom is -0.467 e. The summed E-state index contributed by atoms with van der Waals surface area (Å²) < 4.78 is 11.0. The second kappa shape index (κ2) is 6.77. The van der Waals surface area contributed by atoms with E-state index in [1.807, 2.05) is 41.0 Å². The number of hydrogen-bond donors (Lipinski definition) is 0. The van der Waals surface area contributed by atoms with E-state index in [0.717, 1.165) is 22.3 Å². The zero-order chi connectivity index (χ0) is 20.1. The SMILES string of the molecule is Cn1c(=O)n(Cc2ccc(Br)cc2)c(=O)c2c1nc1n2CCN1Cc1ccco1. The van der Waals surface area contributed by atoms with E-state index in [0.29, 0.717) is 30.2 Å². The van der Waals surface area contributed by atoms with Crippen LogP contribution < -0.4 is 16.1 Å². The summed E-state index contributed by atoms with van der Waals surface area (Å²) in [5.41, 5.74) is 1.06. The summed E-state index contributed by atoms with van der Waals surface area (Å²) in [4.78, 5) is 32.8. The number of benzene rings is 1. The normalized spacial score (nSPS) is 13.4. The molecule has 0 unspecified atom stereocenters. The van der Waals surface area contributed by atoms with Crippen LogP contribution in [0.15, 0.2) is 61.1 Å². The van der Waals surface area contributed by atoms with E-state index in [4.69, 9.17) is 4.42 Å². The van der Waals surface area contributed by atoms with Crippen molar-refractivity contribution in [3.8, 4) is 0 Å². The molecule has 3 aromatic heterocycles. The molecule has 0 fully saturated rings. The smallest absolute Gasteiger partial charge is 0.332 e. The molecule has 9 heteroatoms. The monoisotopic (exact) mass is 455 g/mol. The minimum absolute atomic E-state index is 0.214. The second-order valence-electron chi connectivity index (χ2n) is 7.10. The number of halogens is 1. The predicted octanol–water partition coefficient (Wildman–Crippen LogP) is 2.32. The van der Waals surface area contributed by atoms with Gasteiger partial charge in [-0.2, -0.15) is 4.98 Å². The third-order valence-electron chi connectivity index (χ3n) is 5.27. The summed E-state index contributed by atoms with van der Waals surface area (Å²) in [6, 6.07) is 11.3. The number of aromatic nitrogens is 4. The maximum Gasteiger partial charge on any atom is 0.332 e. The molecule has 0 bridgehead atoms. The average Bonchev–Trinajstić information content (AvgIpc) is 3.43. The quantitative estimate of drug-likeness (QED) is 0.471. The summed E-state index contributed by atoms with van der Waals surface area (Å²) >= 11 is 3.40. The number of aryl methyl sites for hydroxylation is 1. The van der Waals surface area contributed by atoms with Gasteiger partial charge in [-0.05, 0) is 29.8 Å². The van der Waals surface area contributed by atoms with Crippen molar-refractivity contribution < 1.29 is 4.42 Å². The molecule has 1 aromatic carbocycles. The maximum atomic E-state index is 13.3. The molecule has 0 aliphatic carbocycles. The zero-order valence-electron chi connectivity index (χ0n) is 15.7. The number of imidazole rings is 1. The Morgan fingerprint density at radius 3 is 2.62 bits per heavy atom. The van der Waals surface area contributed by atoms with E-state index in [1.165, 1.54) is 9.13 Å². The van der Waals surface area contributed by atoms with Crippen LogP contribution in [0.3, 0.4) is 0 Å². The van der Waals surface area contributed by atoms with Gasteiger partial charge in [0.25, 0.3) is 5.56 Å². The Morgan fingerprint density at radius 1 is 1.10 bits per heavy atom. The molecule has 5 rings (SSSR count). The third-order valence-corrected chi connectivity index (χ3v) is 5.80. The maximum absolute atomic E-state index is 13.3. The summed E-state index contributed by atoms with van der Waals surface area (Å²) in [6.07, 6.45) is 1.64. The Labute approximate surface area is 173 Å². The molecule has 1 aliphatic heterocycles. The number of fused-ring (bicyclic) bond motifs is 3. The average molecular weight is 456 g/mol. The van der Waals surface area contributed by atoms with Crippen LogP contribution in [0.2, 0.25) is 0 Å². The van der Waals surface area contributed by atoms with Crippen LogP contribution in [0.25, 0.3) is 11.2 Å². The van der Waals surface area contributed by atoms with Crippen molar-refractivity contribution >= 4 is 33.0 Å². The van der Waals surface area contributed by atoms with Gasteiger partial charge in [-0.3, -0.25) is 13.9 Å². The molecule has 8 nitrogen and oxygen atoms in total. The zero-order valence-corrected chi connectivity index (χ0v) is 17.3. The predicted molar refractivity (Wildman–Crippen MR) is 112 cm³/mol. The number of anilines is 1. The van der Waals surface area contributed by atoms with E-state index in [9.17, 15) is 9.59 Å². The molecule has 0 spiro atoms. The standard InChI is InChI=1S/C20H18BrN5O3/c1-23-17-16(18(27)26(20(23)28)11-13-4-6-14(21)7-5-13)25-9-8-24(19(25)22-17)12-15-3-2-10-29-15/h2-7,10H,8-9,11-12H2,1H3. The highest BCUT2D eigenvalue weighted by Gasteiger charge is 2.28. The van der Waals surface area contributed by atoms with Crippen LogP contribution in [0.5, 0.6) is 0 Å². The summed E-state index contributed by atoms with van der Waals surface area (Å²) in [6.45, 7) is 2.15. The van der Waals surface area contributed by atoms with Crippen molar-refractivity contribution in [3.63, 3.8) is 0 Å². The first kappa shape index (κ1) is 18.0. The second-order valence-corrected chi connectivity index (χ2v) is 8.01. The number of hydrogen-bond acceptors (Lipinski definition) is 5. The van der Waals surface area contributed by atoms with Gasteiger partial charge in [-0.15, -0.1) is 0 Å². The molecule has 0 amide bonds.